The van der Waals surface area contributed by atoms with Gasteiger partial charge in [0.1, 0.15) is 11.6 Å². The van der Waals surface area contributed by atoms with Crippen LogP contribution in [0.25, 0.3) is 0 Å². The van der Waals surface area contributed by atoms with Crippen LogP contribution in [0.5, 0.6) is 0 Å². The van der Waals surface area contributed by atoms with Crippen LogP contribution in [0, 0.1) is 24.5 Å². The number of aryl methyl sites for hydroxylation is 1. The Morgan fingerprint density at radius 2 is 1.81 bits per heavy atom. The number of nitrogens with one attached hydrogen (secondary N) is 1. The summed E-state index contributed by atoms with van der Waals surface area (Å²) in [6.45, 7) is 1.88. The highest BCUT2D eigenvalue weighted by atomic mass is 79.9. The van der Waals surface area contributed by atoms with Gasteiger partial charge in [0.05, 0.1) is 10.5 Å². The third kappa shape index (κ3) is 3.26. The normalized spacial score (nSPS) is 15.8. The van der Waals surface area contributed by atoms with Crippen molar-refractivity contribution in [3.8, 4) is 0 Å². The quantitative estimate of drug-likeness (QED) is 0.755. The first-order valence-corrected chi connectivity index (χ1v) is 7.81. The zero-order valence-corrected chi connectivity index (χ0v) is 13.3. The molecule has 3 rings (SSSR count). The third-order valence-electron chi connectivity index (χ3n) is 3.90. The summed E-state index contributed by atoms with van der Waals surface area (Å²) >= 11 is 3.22. The van der Waals surface area contributed by atoms with E-state index in [4.69, 9.17) is 0 Å². The van der Waals surface area contributed by atoms with E-state index in [-0.39, 0.29) is 17.7 Å². The predicted octanol–water partition coefficient (Wildman–Crippen LogP) is 5.60. The first-order valence-electron chi connectivity index (χ1n) is 7.02. The van der Waals surface area contributed by atoms with E-state index in [0.717, 1.165) is 29.7 Å². The molecule has 0 radical (unpaired) electrons. The molecule has 0 bridgehead atoms. The summed E-state index contributed by atoms with van der Waals surface area (Å²) < 4.78 is 27.1. The number of halogens is 3. The lowest BCUT2D eigenvalue weighted by molar-refractivity contribution is 0.617. The van der Waals surface area contributed by atoms with E-state index >= 15 is 0 Å². The lowest BCUT2D eigenvalue weighted by Gasteiger charge is -2.22. The summed E-state index contributed by atoms with van der Waals surface area (Å²) in [4.78, 5) is 0. The number of benzene rings is 2. The summed E-state index contributed by atoms with van der Waals surface area (Å²) in [5.41, 5.74) is 2.84. The van der Waals surface area contributed by atoms with E-state index in [0.29, 0.717) is 10.4 Å². The highest BCUT2D eigenvalue weighted by Gasteiger charge is 2.32. The molecule has 0 saturated heterocycles. The van der Waals surface area contributed by atoms with Crippen LogP contribution >= 0.6 is 15.9 Å². The van der Waals surface area contributed by atoms with Crippen molar-refractivity contribution in [2.45, 2.75) is 25.8 Å². The molecular weight excluding hydrogens is 336 g/mol. The van der Waals surface area contributed by atoms with E-state index < -0.39 is 0 Å². The Morgan fingerprint density at radius 3 is 2.43 bits per heavy atom. The maximum Gasteiger partial charge on any atom is 0.137 e. The predicted molar refractivity (Wildman–Crippen MR) is 84.3 cm³/mol. The largest absolute Gasteiger partial charge is 0.378 e. The maximum atomic E-state index is 13.5. The van der Waals surface area contributed by atoms with Crippen LogP contribution in [0.3, 0.4) is 0 Å². The van der Waals surface area contributed by atoms with Crippen molar-refractivity contribution in [1.29, 1.82) is 0 Å². The van der Waals surface area contributed by atoms with Crippen LogP contribution in [-0.4, -0.2) is 0 Å². The molecule has 2 aromatic carbocycles. The van der Waals surface area contributed by atoms with Crippen LogP contribution in [0.2, 0.25) is 0 Å². The molecule has 0 heterocycles. The van der Waals surface area contributed by atoms with Crippen molar-refractivity contribution in [3.05, 3.63) is 63.6 Å². The molecule has 1 N–H and O–H groups in total. The zero-order valence-electron chi connectivity index (χ0n) is 11.7. The van der Waals surface area contributed by atoms with Crippen molar-refractivity contribution in [3.63, 3.8) is 0 Å². The molecule has 1 unspecified atom stereocenters. The van der Waals surface area contributed by atoms with E-state index in [2.05, 4.69) is 21.2 Å². The molecule has 0 aromatic heterocycles. The molecule has 2 aromatic rings. The maximum absolute atomic E-state index is 13.5. The van der Waals surface area contributed by atoms with Gasteiger partial charge in [-0.15, -0.1) is 0 Å². The number of anilines is 1. The van der Waals surface area contributed by atoms with E-state index in [1.165, 1.54) is 18.2 Å². The van der Waals surface area contributed by atoms with Crippen LogP contribution in [0.4, 0.5) is 14.5 Å². The van der Waals surface area contributed by atoms with Gasteiger partial charge in [0.15, 0.2) is 0 Å². The highest BCUT2D eigenvalue weighted by Crippen LogP contribution is 2.43. The molecule has 4 heteroatoms. The van der Waals surface area contributed by atoms with Gasteiger partial charge in [-0.3, -0.25) is 0 Å². The lowest BCUT2D eigenvalue weighted by atomic mass is 10.0. The molecular formula is C17H16BrF2N. The topological polar surface area (TPSA) is 12.0 Å². The van der Waals surface area contributed by atoms with Gasteiger partial charge in [0.2, 0.25) is 0 Å². The van der Waals surface area contributed by atoms with Crippen molar-refractivity contribution >= 4 is 21.6 Å². The Hall–Kier alpha value is -1.42. The van der Waals surface area contributed by atoms with E-state index in [9.17, 15) is 8.78 Å². The van der Waals surface area contributed by atoms with Gasteiger partial charge >= 0.3 is 0 Å². The van der Waals surface area contributed by atoms with Crippen LogP contribution in [0.15, 0.2) is 40.9 Å². The summed E-state index contributed by atoms with van der Waals surface area (Å²) in [6.07, 6.45) is 2.33. The molecule has 0 spiro atoms. The second-order valence-electron chi connectivity index (χ2n) is 5.59. The zero-order chi connectivity index (χ0) is 15.0. The fourth-order valence-corrected chi connectivity index (χ4v) is 2.89. The van der Waals surface area contributed by atoms with Gasteiger partial charge in [0, 0.05) is 5.69 Å². The van der Waals surface area contributed by atoms with Crippen molar-refractivity contribution in [2.24, 2.45) is 5.92 Å². The molecule has 0 amide bonds. The minimum atomic E-state index is -0.261. The average Bonchev–Trinajstić information content (AvgIpc) is 3.27. The minimum absolute atomic E-state index is 0.140. The highest BCUT2D eigenvalue weighted by molar-refractivity contribution is 9.10. The third-order valence-corrected chi connectivity index (χ3v) is 4.51. The van der Waals surface area contributed by atoms with Crippen molar-refractivity contribution in [1.82, 2.24) is 0 Å². The Bertz CT molecular complexity index is 651. The van der Waals surface area contributed by atoms with Gasteiger partial charge in [-0.05, 0) is 77.0 Å². The molecule has 110 valence electrons. The summed E-state index contributed by atoms with van der Waals surface area (Å²) in [7, 11) is 0. The Morgan fingerprint density at radius 1 is 1.14 bits per heavy atom. The van der Waals surface area contributed by atoms with Gasteiger partial charge < -0.3 is 5.32 Å². The van der Waals surface area contributed by atoms with Gasteiger partial charge in [-0.2, -0.15) is 0 Å². The summed E-state index contributed by atoms with van der Waals surface area (Å²) in [5, 5.41) is 3.49. The number of hydrogen-bond donors (Lipinski definition) is 1. The van der Waals surface area contributed by atoms with Gasteiger partial charge in [0.25, 0.3) is 0 Å². The molecule has 1 fully saturated rings. The van der Waals surface area contributed by atoms with Crippen LogP contribution < -0.4 is 5.32 Å². The first-order chi connectivity index (χ1) is 10.0. The second-order valence-corrected chi connectivity index (χ2v) is 6.45. The van der Waals surface area contributed by atoms with Gasteiger partial charge in [-0.25, -0.2) is 8.78 Å². The van der Waals surface area contributed by atoms with Crippen molar-refractivity contribution < 1.29 is 8.78 Å². The molecule has 0 aliphatic heterocycles. The number of hydrogen-bond acceptors (Lipinski definition) is 1. The minimum Gasteiger partial charge on any atom is -0.378 e. The summed E-state index contributed by atoms with van der Waals surface area (Å²) in [6, 6.07) is 10.0. The second kappa shape index (κ2) is 5.76. The molecule has 1 nitrogen and oxygen atoms in total. The average molecular weight is 352 g/mol. The van der Waals surface area contributed by atoms with Crippen LogP contribution in [-0.2, 0) is 0 Å². The van der Waals surface area contributed by atoms with E-state index in [1.807, 2.05) is 19.1 Å². The fraction of sp³-hybridized carbons (Fsp3) is 0.294. The van der Waals surface area contributed by atoms with Crippen molar-refractivity contribution in [2.75, 3.05) is 5.32 Å². The van der Waals surface area contributed by atoms with E-state index in [1.54, 1.807) is 6.07 Å². The fourth-order valence-electron chi connectivity index (χ4n) is 2.54. The number of rotatable bonds is 4. The monoisotopic (exact) mass is 351 g/mol. The molecule has 1 aliphatic rings. The standard InChI is InChI=1S/C17H16BrF2N/c1-10-8-15(20)14(18)9-16(10)21-17(11-2-3-11)12-4-6-13(19)7-5-12/h4-9,11,17,21H,2-3H2,1H3. The van der Waals surface area contributed by atoms with Crippen LogP contribution in [0.1, 0.15) is 30.0 Å². The Balaban J connectivity index is 1.89. The first kappa shape index (κ1) is 14.5. The summed E-state index contributed by atoms with van der Waals surface area (Å²) in [5.74, 6) is 0.0653. The SMILES string of the molecule is Cc1cc(F)c(Br)cc1NC(c1ccc(F)cc1)C1CC1. The Kier molecular flexibility index (Phi) is 3.98. The molecule has 21 heavy (non-hydrogen) atoms. The molecule has 1 atom stereocenters. The molecule has 1 aliphatic carbocycles. The smallest absolute Gasteiger partial charge is 0.137 e. The lowest BCUT2D eigenvalue weighted by Crippen LogP contribution is -2.14. The Labute approximate surface area is 131 Å². The molecule has 1 saturated carbocycles. The van der Waals surface area contributed by atoms with Gasteiger partial charge in [-0.1, -0.05) is 12.1 Å².